The summed E-state index contributed by atoms with van der Waals surface area (Å²) in [6, 6.07) is 4.58. The predicted octanol–water partition coefficient (Wildman–Crippen LogP) is 2.90. The SMILES string of the molecule is CSc1ccc(-c2nc(C(=O)O)co2)c(F)c1. The lowest BCUT2D eigenvalue weighted by atomic mass is 10.2. The average molecular weight is 253 g/mol. The second kappa shape index (κ2) is 4.58. The van der Waals surface area contributed by atoms with Crippen LogP contribution in [0.2, 0.25) is 0 Å². The standard InChI is InChI=1S/C11H8FNO3S/c1-17-6-2-3-7(8(12)4-6)10-13-9(5-16-10)11(14)15/h2-5H,1H3,(H,14,15). The summed E-state index contributed by atoms with van der Waals surface area (Å²) in [6.45, 7) is 0. The number of hydrogen-bond acceptors (Lipinski definition) is 4. The highest BCUT2D eigenvalue weighted by Crippen LogP contribution is 2.26. The summed E-state index contributed by atoms with van der Waals surface area (Å²) >= 11 is 1.41. The van der Waals surface area contributed by atoms with Crippen LogP contribution in [0.5, 0.6) is 0 Å². The van der Waals surface area contributed by atoms with Crippen molar-refractivity contribution >= 4 is 17.7 Å². The number of nitrogens with zero attached hydrogens (tertiary/aromatic N) is 1. The summed E-state index contributed by atoms with van der Waals surface area (Å²) < 4.78 is 18.6. The Balaban J connectivity index is 2.42. The molecule has 2 rings (SSSR count). The Morgan fingerprint density at radius 2 is 2.29 bits per heavy atom. The van der Waals surface area contributed by atoms with E-state index in [2.05, 4.69) is 4.98 Å². The van der Waals surface area contributed by atoms with Gasteiger partial charge in [-0.05, 0) is 24.5 Å². The van der Waals surface area contributed by atoms with Crippen LogP contribution in [-0.2, 0) is 0 Å². The summed E-state index contributed by atoms with van der Waals surface area (Å²) in [5.74, 6) is -1.73. The molecule has 6 heteroatoms. The van der Waals surface area contributed by atoms with Crippen LogP contribution in [0.4, 0.5) is 4.39 Å². The van der Waals surface area contributed by atoms with Gasteiger partial charge in [0, 0.05) is 4.90 Å². The number of carboxylic acids is 1. The number of carbonyl (C=O) groups is 1. The fourth-order valence-electron chi connectivity index (χ4n) is 1.29. The molecule has 4 nitrogen and oxygen atoms in total. The topological polar surface area (TPSA) is 63.3 Å². The number of carboxylic acid groups (broad SMARTS) is 1. The molecule has 1 N–H and O–H groups in total. The van der Waals surface area contributed by atoms with Gasteiger partial charge in [0.05, 0.1) is 5.56 Å². The van der Waals surface area contributed by atoms with Crippen LogP contribution in [0.15, 0.2) is 33.8 Å². The molecule has 17 heavy (non-hydrogen) atoms. The molecule has 1 heterocycles. The maximum absolute atomic E-state index is 13.7. The molecule has 0 aliphatic rings. The van der Waals surface area contributed by atoms with Gasteiger partial charge in [0.1, 0.15) is 12.1 Å². The van der Waals surface area contributed by atoms with Crippen LogP contribution in [0.25, 0.3) is 11.5 Å². The van der Waals surface area contributed by atoms with Crippen molar-refractivity contribution in [3.63, 3.8) is 0 Å². The number of benzene rings is 1. The van der Waals surface area contributed by atoms with Crippen molar-refractivity contribution in [1.82, 2.24) is 4.98 Å². The van der Waals surface area contributed by atoms with E-state index in [1.165, 1.54) is 23.9 Å². The molecule has 2 aromatic rings. The van der Waals surface area contributed by atoms with Crippen molar-refractivity contribution in [2.24, 2.45) is 0 Å². The Morgan fingerprint density at radius 1 is 1.53 bits per heavy atom. The summed E-state index contributed by atoms with van der Waals surface area (Å²) in [5, 5.41) is 8.68. The van der Waals surface area contributed by atoms with E-state index >= 15 is 0 Å². The van der Waals surface area contributed by atoms with Crippen molar-refractivity contribution < 1.29 is 18.7 Å². The van der Waals surface area contributed by atoms with Crippen molar-refractivity contribution in [3.05, 3.63) is 36.0 Å². The van der Waals surface area contributed by atoms with Crippen LogP contribution in [0.1, 0.15) is 10.5 Å². The third-order valence-corrected chi connectivity index (χ3v) is 2.86. The second-order valence-corrected chi connectivity index (χ2v) is 4.07. The first-order valence-electron chi connectivity index (χ1n) is 4.64. The van der Waals surface area contributed by atoms with Crippen molar-refractivity contribution in [1.29, 1.82) is 0 Å². The molecule has 0 aliphatic carbocycles. The number of thioether (sulfide) groups is 1. The molecular weight excluding hydrogens is 245 g/mol. The molecule has 0 unspecified atom stereocenters. The van der Waals surface area contributed by atoms with Crippen LogP contribution >= 0.6 is 11.8 Å². The molecular formula is C11H8FNO3S. The maximum atomic E-state index is 13.7. The van der Waals surface area contributed by atoms with Gasteiger partial charge in [-0.15, -0.1) is 11.8 Å². The van der Waals surface area contributed by atoms with Gasteiger partial charge in [0.2, 0.25) is 5.89 Å². The molecule has 0 spiro atoms. The summed E-state index contributed by atoms with van der Waals surface area (Å²) in [6.07, 6.45) is 2.82. The summed E-state index contributed by atoms with van der Waals surface area (Å²) in [4.78, 5) is 15.1. The van der Waals surface area contributed by atoms with Gasteiger partial charge in [0.15, 0.2) is 5.69 Å². The van der Waals surface area contributed by atoms with E-state index in [1.807, 2.05) is 6.26 Å². The molecule has 0 bridgehead atoms. The van der Waals surface area contributed by atoms with Crippen LogP contribution in [0.3, 0.4) is 0 Å². The normalized spacial score (nSPS) is 10.5. The fraction of sp³-hybridized carbons (Fsp3) is 0.0909. The van der Waals surface area contributed by atoms with Crippen molar-refractivity contribution in [2.45, 2.75) is 4.90 Å². The Morgan fingerprint density at radius 3 is 2.82 bits per heavy atom. The van der Waals surface area contributed by atoms with E-state index in [-0.39, 0.29) is 17.1 Å². The molecule has 88 valence electrons. The predicted molar refractivity (Wildman–Crippen MR) is 60.6 cm³/mol. The zero-order chi connectivity index (χ0) is 12.4. The number of rotatable bonds is 3. The molecule has 0 aliphatic heterocycles. The molecule has 0 radical (unpaired) electrons. The van der Waals surface area contributed by atoms with Gasteiger partial charge in [-0.2, -0.15) is 0 Å². The number of aromatic nitrogens is 1. The smallest absolute Gasteiger partial charge is 0.357 e. The Kier molecular flexibility index (Phi) is 3.14. The minimum atomic E-state index is -1.21. The van der Waals surface area contributed by atoms with Gasteiger partial charge < -0.3 is 9.52 Å². The first-order valence-corrected chi connectivity index (χ1v) is 5.87. The van der Waals surface area contributed by atoms with Gasteiger partial charge in [-0.1, -0.05) is 0 Å². The fourth-order valence-corrected chi connectivity index (χ4v) is 1.72. The minimum Gasteiger partial charge on any atom is -0.476 e. The minimum absolute atomic E-state index is 0.0347. The van der Waals surface area contributed by atoms with E-state index in [1.54, 1.807) is 6.07 Å². The van der Waals surface area contributed by atoms with E-state index < -0.39 is 11.8 Å². The van der Waals surface area contributed by atoms with Gasteiger partial charge >= 0.3 is 5.97 Å². The summed E-state index contributed by atoms with van der Waals surface area (Å²) in [5.41, 5.74) is -0.0938. The lowest BCUT2D eigenvalue weighted by Gasteiger charge is -2.00. The zero-order valence-electron chi connectivity index (χ0n) is 8.81. The van der Waals surface area contributed by atoms with Crippen LogP contribution < -0.4 is 0 Å². The quantitative estimate of drug-likeness (QED) is 0.852. The molecule has 0 fully saturated rings. The van der Waals surface area contributed by atoms with Gasteiger partial charge in [-0.3, -0.25) is 0 Å². The average Bonchev–Trinajstić information content (AvgIpc) is 2.78. The van der Waals surface area contributed by atoms with E-state index in [0.29, 0.717) is 0 Å². The van der Waals surface area contributed by atoms with Crippen LogP contribution in [0, 0.1) is 5.82 Å². The van der Waals surface area contributed by atoms with Crippen molar-refractivity contribution in [2.75, 3.05) is 6.26 Å². The number of aromatic carboxylic acids is 1. The maximum Gasteiger partial charge on any atom is 0.357 e. The Labute approximate surface area is 100 Å². The Hall–Kier alpha value is -1.82. The van der Waals surface area contributed by atoms with Crippen molar-refractivity contribution in [3.8, 4) is 11.5 Å². The Bertz CT molecular complexity index is 568. The third-order valence-electron chi connectivity index (χ3n) is 2.13. The molecule has 1 aromatic carbocycles. The monoisotopic (exact) mass is 253 g/mol. The highest BCUT2D eigenvalue weighted by atomic mass is 32.2. The number of oxazole rings is 1. The molecule has 0 atom stereocenters. The number of halogens is 1. The molecule has 1 aromatic heterocycles. The lowest BCUT2D eigenvalue weighted by molar-refractivity contribution is 0.0690. The van der Waals surface area contributed by atoms with E-state index in [9.17, 15) is 9.18 Å². The number of hydrogen-bond donors (Lipinski definition) is 1. The first kappa shape index (κ1) is 11.7. The molecule has 0 amide bonds. The van der Waals surface area contributed by atoms with Crippen LogP contribution in [-0.4, -0.2) is 22.3 Å². The lowest BCUT2D eigenvalue weighted by Crippen LogP contribution is -1.96. The largest absolute Gasteiger partial charge is 0.476 e. The zero-order valence-corrected chi connectivity index (χ0v) is 9.62. The molecule has 0 saturated carbocycles. The van der Waals surface area contributed by atoms with E-state index in [4.69, 9.17) is 9.52 Å². The third kappa shape index (κ3) is 2.31. The summed E-state index contributed by atoms with van der Waals surface area (Å²) in [7, 11) is 0. The van der Waals surface area contributed by atoms with E-state index in [0.717, 1.165) is 11.2 Å². The highest BCUT2D eigenvalue weighted by molar-refractivity contribution is 7.98. The molecule has 0 saturated heterocycles. The van der Waals surface area contributed by atoms with Gasteiger partial charge in [0.25, 0.3) is 0 Å². The van der Waals surface area contributed by atoms with Gasteiger partial charge in [-0.25, -0.2) is 14.2 Å². The first-order chi connectivity index (χ1) is 8.11. The second-order valence-electron chi connectivity index (χ2n) is 3.19. The highest BCUT2D eigenvalue weighted by Gasteiger charge is 2.15.